The summed E-state index contributed by atoms with van der Waals surface area (Å²) in [5.41, 5.74) is 0.780. The maximum Gasteiger partial charge on any atom is 0.295 e. The standard InChI is InChI=1S/C28H36N2O6/c1-6-29(7-2)16-9-17-30-25(22-18-21(34-4)14-15-23(22)35-5)24(27(32)28(30)33)26(31)19-10-12-20(13-11-19)36-8-3/h10-15,18,25,31H,6-9,16-17H2,1-5H3. The number of carbonyl (C=O) groups is 2. The van der Waals surface area contributed by atoms with E-state index in [2.05, 4.69) is 13.8 Å². The number of ketones is 1. The minimum absolute atomic E-state index is 0.0779. The summed E-state index contributed by atoms with van der Waals surface area (Å²) in [6, 6.07) is 10.9. The Labute approximate surface area is 213 Å². The summed E-state index contributed by atoms with van der Waals surface area (Å²) in [5.74, 6) is -0.298. The number of benzene rings is 2. The van der Waals surface area contributed by atoms with Gasteiger partial charge in [-0.2, -0.15) is 0 Å². The quantitative estimate of drug-likeness (QED) is 0.273. The molecule has 0 aliphatic carbocycles. The highest BCUT2D eigenvalue weighted by atomic mass is 16.5. The Balaban J connectivity index is 2.11. The average Bonchev–Trinajstić information content (AvgIpc) is 3.15. The molecule has 194 valence electrons. The zero-order valence-electron chi connectivity index (χ0n) is 21.8. The zero-order chi connectivity index (χ0) is 26.2. The van der Waals surface area contributed by atoms with E-state index in [1.807, 2.05) is 6.92 Å². The minimum Gasteiger partial charge on any atom is -0.872 e. The van der Waals surface area contributed by atoms with Crippen molar-refractivity contribution in [3.8, 4) is 17.2 Å². The molecule has 0 radical (unpaired) electrons. The van der Waals surface area contributed by atoms with Crippen LogP contribution in [0.15, 0.2) is 48.0 Å². The van der Waals surface area contributed by atoms with Crippen molar-refractivity contribution in [1.29, 1.82) is 0 Å². The van der Waals surface area contributed by atoms with Gasteiger partial charge in [0.1, 0.15) is 17.2 Å². The van der Waals surface area contributed by atoms with E-state index in [1.54, 1.807) is 42.5 Å². The number of ether oxygens (including phenoxy) is 3. The fraction of sp³-hybridized carbons (Fsp3) is 0.429. The van der Waals surface area contributed by atoms with Crippen molar-refractivity contribution in [1.82, 2.24) is 4.90 Å². The van der Waals surface area contributed by atoms with Crippen LogP contribution in [0.3, 0.4) is 0 Å². The molecule has 1 amide bonds. The Morgan fingerprint density at radius 3 is 2.22 bits per heavy atom. The number of methoxy groups -OCH3 is 2. The van der Waals surface area contributed by atoms with E-state index < -0.39 is 23.5 Å². The molecule has 1 N–H and O–H groups in total. The van der Waals surface area contributed by atoms with Crippen LogP contribution < -0.4 is 24.2 Å². The highest BCUT2D eigenvalue weighted by Gasteiger charge is 2.45. The summed E-state index contributed by atoms with van der Waals surface area (Å²) in [4.78, 5) is 29.4. The fourth-order valence-corrected chi connectivity index (χ4v) is 4.60. The molecule has 1 aliphatic heterocycles. The van der Waals surface area contributed by atoms with Crippen LogP contribution in [0.25, 0.3) is 5.76 Å². The van der Waals surface area contributed by atoms with Gasteiger partial charge in [-0.1, -0.05) is 17.9 Å². The molecule has 2 aromatic carbocycles. The van der Waals surface area contributed by atoms with Gasteiger partial charge in [-0.25, -0.2) is 0 Å². The molecule has 1 saturated heterocycles. The van der Waals surface area contributed by atoms with Crippen LogP contribution in [-0.4, -0.2) is 63.6 Å². The smallest absolute Gasteiger partial charge is 0.295 e. The van der Waals surface area contributed by atoms with Crippen molar-refractivity contribution >= 4 is 17.4 Å². The summed E-state index contributed by atoms with van der Waals surface area (Å²) in [6.45, 7) is 9.77. The maximum atomic E-state index is 13.7. The summed E-state index contributed by atoms with van der Waals surface area (Å²) in [6.07, 6.45) is 0.698. The van der Waals surface area contributed by atoms with Crippen molar-refractivity contribution in [3.05, 3.63) is 59.2 Å². The molecule has 0 bridgehead atoms. The Hall–Kier alpha value is -3.52. The topological polar surface area (TPSA) is 92.6 Å². The van der Waals surface area contributed by atoms with Crippen LogP contribution in [-0.2, 0) is 9.59 Å². The molecule has 0 saturated carbocycles. The minimum atomic E-state index is -0.874. The van der Waals surface area contributed by atoms with Crippen molar-refractivity contribution in [3.63, 3.8) is 0 Å². The van der Waals surface area contributed by atoms with Gasteiger partial charge in [0.2, 0.25) is 5.78 Å². The van der Waals surface area contributed by atoms with E-state index >= 15 is 0 Å². The van der Waals surface area contributed by atoms with Gasteiger partial charge in [-0.15, -0.1) is 0 Å². The second-order valence-electron chi connectivity index (χ2n) is 8.60. The molecule has 8 nitrogen and oxygen atoms in total. The summed E-state index contributed by atoms with van der Waals surface area (Å²) >= 11 is 0. The Kier molecular flexibility index (Phi) is 9.36. The lowest BCUT2D eigenvalue weighted by molar-refractivity contribution is -0.896. The normalized spacial score (nSPS) is 17.1. The molecule has 2 aromatic rings. The van der Waals surface area contributed by atoms with E-state index in [-0.39, 0.29) is 5.57 Å². The fourth-order valence-electron chi connectivity index (χ4n) is 4.60. The number of amides is 1. The lowest BCUT2D eigenvalue weighted by atomic mass is 9.94. The Bertz CT molecular complexity index is 1090. The number of nitrogens with one attached hydrogen (secondary N) is 1. The first-order valence-electron chi connectivity index (χ1n) is 12.4. The van der Waals surface area contributed by atoms with E-state index in [1.165, 1.54) is 24.0 Å². The number of rotatable bonds is 12. The molecular weight excluding hydrogens is 460 g/mol. The molecule has 1 atom stereocenters. The predicted molar refractivity (Wildman–Crippen MR) is 135 cm³/mol. The third-order valence-corrected chi connectivity index (χ3v) is 6.62. The van der Waals surface area contributed by atoms with Crippen LogP contribution in [0.2, 0.25) is 0 Å². The van der Waals surface area contributed by atoms with Gasteiger partial charge in [0.15, 0.2) is 0 Å². The highest BCUT2D eigenvalue weighted by Crippen LogP contribution is 2.43. The third-order valence-electron chi connectivity index (χ3n) is 6.62. The highest BCUT2D eigenvalue weighted by molar-refractivity contribution is 6.46. The van der Waals surface area contributed by atoms with Gasteiger partial charge in [0.25, 0.3) is 5.91 Å². The Morgan fingerprint density at radius 1 is 0.972 bits per heavy atom. The van der Waals surface area contributed by atoms with Gasteiger partial charge in [-0.05, 0) is 56.7 Å². The summed E-state index contributed by atoms with van der Waals surface area (Å²) in [5, 5.41) is 13.7. The van der Waals surface area contributed by atoms with Crippen LogP contribution in [0.4, 0.5) is 0 Å². The molecular formula is C28H36N2O6. The number of carbonyl (C=O) groups excluding carboxylic acids is 2. The van der Waals surface area contributed by atoms with Gasteiger partial charge < -0.3 is 29.1 Å². The first kappa shape index (κ1) is 27.1. The van der Waals surface area contributed by atoms with Crippen LogP contribution in [0.5, 0.6) is 17.2 Å². The van der Waals surface area contributed by atoms with E-state index in [4.69, 9.17) is 14.2 Å². The van der Waals surface area contributed by atoms with E-state index in [0.717, 1.165) is 19.6 Å². The summed E-state index contributed by atoms with van der Waals surface area (Å²) in [7, 11) is 3.06. The lowest BCUT2D eigenvalue weighted by Gasteiger charge is -2.29. The van der Waals surface area contributed by atoms with Gasteiger partial charge in [-0.3, -0.25) is 9.59 Å². The van der Waals surface area contributed by atoms with E-state index in [9.17, 15) is 14.7 Å². The number of Topliss-reactive ketones (excluding diaryl/α,β-unsaturated/α-hetero) is 1. The molecule has 1 aliphatic rings. The molecule has 0 aromatic heterocycles. The predicted octanol–water partition coefficient (Wildman–Crippen LogP) is 1.64. The molecule has 8 heteroatoms. The van der Waals surface area contributed by atoms with Crippen LogP contribution in [0, 0.1) is 0 Å². The number of hydrogen-bond acceptors (Lipinski definition) is 6. The van der Waals surface area contributed by atoms with Crippen LogP contribution in [0.1, 0.15) is 44.4 Å². The van der Waals surface area contributed by atoms with E-state index in [0.29, 0.717) is 47.9 Å². The average molecular weight is 497 g/mol. The third kappa shape index (κ3) is 5.65. The molecule has 3 rings (SSSR count). The van der Waals surface area contributed by atoms with Gasteiger partial charge >= 0.3 is 0 Å². The maximum absolute atomic E-state index is 13.7. The SMILES string of the molecule is CCOc1ccc(C([O-])=C2C(=O)C(=O)N(CCC[NH+](CC)CC)C2c2cc(OC)ccc2OC)cc1. The lowest BCUT2D eigenvalue weighted by Crippen LogP contribution is -3.11. The van der Waals surface area contributed by atoms with Gasteiger partial charge in [0.05, 0.1) is 46.5 Å². The Morgan fingerprint density at radius 2 is 1.64 bits per heavy atom. The van der Waals surface area contributed by atoms with Gasteiger partial charge in [0, 0.05) is 24.1 Å². The van der Waals surface area contributed by atoms with Crippen LogP contribution >= 0.6 is 0 Å². The number of quaternary nitrogens is 1. The first-order chi connectivity index (χ1) is 17.4. The summed E-state index contributed by atoms with van der Waals surface area (Å²) < 4.78 is 16.5. The van der Waals surface area contributed by atoms with Crippen molar-refractivity contribution < 1.29 is 33.8 Å². The largest absolute Gasteiger partial charge is 0.872 e. The molecule has 1 fully saturated rings. The number of nitrogens with zero attached hydrogens (tertiary/aromatic N) is 1. The molecule has 1 unspecified atom stereocenters. The van der Waals surface area contributed by atoms with Crippen molar-refractivity contribution in [2.45, 2.75) is 33.2 Å². The molecule has 0 spiro atoms. The monoisotopic (exact) mass is 496 g/mol. The number of hydrogen-bond donors (Lipinski definition) is 1. The zero-order valence-corrected chi connectivity index (χ0v) is 21.8. The molecule has 36 heavy (non-hydrogen) atoms. The second-order valence-corrected chi connectivity index (χ2v) is 8.60. The molecule has 1 heterocycles. The second kappa shape index (κ2) is 12.4. The first-order valence-corrected chi connectivity index (χ1v) is 12.4. The number of likely N-dealkylation sites (tertiary alicyclic amines) is 1. The van der Waals surface area contributed by atoms with Crippen molar-refractivity contribution in [2.75, 3.05) is 47.0 Å². The van der Waals surface area contributed by atoms with Crippen molar-refractivity contribution in [2.24, 2.45) is 0 Å².